The van der Waals surface area contributed by atoms with Gasteiger partial charge in [-0.25, -0.2) is 4.39 Å². The van der Waals surface area contributed by atoms with Gasteiger partial charge in [0.05, 0.1) is 7.11 Å². The molecule has 17 heavy (non-hydrogen) atoms. The van der Waals surface area contributed by atoms with E-state index >= 15 is 0 Å². The van der Waals surface area contributed by atoms with E-state index in [4.69, 9.17) is 16.3 Å². The molecule has 6 heteroatoms. The lowest BCUT2D eigenvalue weighted by Gasteiger charge is -2.09. The van der Waals surface area contributed by atoms with Gasteiger partial charge in [0.15, 0.2) is 0 Å². The maximum atomic E-state index is 13.1. The molecule has 1 aromatic carbocycles. The molecule has 92 valence electrons. The molecule has 0 aromatic heterocycles. The number of rotatable bonds is 4. The second kappa shape index (κ2) is 5.63. The van der Waals surface area contributed by atoms with E-state index in [-0.39, 0.29) is 11.3 Å². The number of carbonyl (C=O) groups excluding carboxylic acids is 2. The van der Waals surface area contributed by atoms with E-state index in [0.29, 0.717) is 0 Å². The van der Waals surface area contributed by atoms with Crippen molar-refractivity contribution in [1.29, 1.82) is 0 Å². The van der Waals surface area contributed by atoms with Gasteiger partial charge in [-0.05, 0) is 12.1 Å². The number of hydrogen-bond acceptors (Lipinski definition) is 4. The van der Waals surface area contributed by atoms with Gasteiger partial charge in [-0.2, -0.15) is 0 Å². The first kappa shape index (κ1) is 13.4. The van der Waals surface area contributed by atoms with Crippen molar-refractivity contribution in [2.45, 2.75) is 12.5 Å². The Bertz CT molecular complexity index is 447. The summed E-state index contributed by atoms with van der Waals surface area (Å²) < 4.78 is 22.4. The van der Waals surface area contributed by atoms with Crippen LogP contribution in [0, 0.1) is 5.82 Å². The predicted molar refractivity (Wildman–Crippen MR) is 58.7 cm³/mol. The zero-order valence-corrected chi connectivity index (χ0v) is 9.95. The van der Waals surface area contributed by atoms with Crippen LogP contribution in [0.15, 0.2) is 18.2 Å². The van der Waals surface area contributed by atoms with Crippen molar-refractivity contribution in [1.82, 2.24) is 0 Å². The van der Waals surface area contributed by atoms with Crippen molar-refractivity contribution in [3.63, 3.8) is 0 Å². The number of halogens is 2. The highest BCUT2D eigenvalue weighted by molar-refractivity contribution is 6.33. The highest BCUT2D eigenvalue weighted by atomic mass is 35.5. The number of esters is 1. The van der Waals surface area contributed by atoms with Gasteiger partial charge in [-0.15, -0.1) is 0 Å². The molecule has 0 bridgehead atoms. The summed E-state index contributed by atoms with van der Waals surface area (Å²) in [5.74, 6) is -1.86. The first-order valence-electron chi connectivity index (χ1n) is 4.64. The summed E-state index contributed by atoms with van der Waals surface area (Å²) in [6.07, 6.45) is 0. The molecule has 1 aromatic rings. The van der Waals surface area contributed by atoms with E-state index in [1.165, 1.54) is 13.2 Å². The fourth-order valence-electron chi connectivity index (χ4n) is 1.15. The summed E-state index contributed by atoms with van der Waals surface area (Å²) in [7, 11) is 1.34. The summed E-state index contributed by atoms with van der Waals surface area (Å²) in [5.41, 5.74) is -1.50. The Hall–Kier alpha value is -1.62. The minimum Gasteiger partial charge on any atom is -0.497 e. The lowest BCUT2D eigenvalue weighted by Crippen LogP contribution is -2.20. The standard InChI is InChI=1S/C11H10ClFO4/c1-6(14)17-11(12)10(15)7-3-8(13)5-9(4-7)16-2/h3-5,11H,1-2H3. The van der Waals surface area contributed by atoms with Crippen LogP contribution in [0.5, 0.6) is 5.75 Å². The molecule has 1 atom stereocenters. The molecule has 0 aliphatic rings. The fourth-order valence-corrected chi connectivity index (χ4v) is 1.40. The SMILES string of the molecule is COc1cc(F)cc(C(=O)C(Cl)OC(C)=O)c1. The predicted octanol–water partition coefficient (Wildman–Crippen LogP) is 2.15. The van der Waals surface area contributed by atoms with Crippen LogP contribution in [0.25, 0.3) is 0 Å². The summed E-state index contributed by atoms with van der Waals surface area (Å²) in [4.78, 5) is 22.3. The van der Waals surface area contributed by atoms with Crippen molar-refractivity contribution >= 4 is 23.4 Å². The Morgan fingerprint density at radius 2 is 2.00 bits per heavy atom. The zero-order chi connectivity index (χ0) is 13.0. The molecule has 0 aliphatic heterocycles. The number of ketones is 1. The Morgan fingerprint density at radius 3 is 2.53 bits per heavy atom. The van der Waals surface area contributed by atoms with Crippen LogP contribution in [0.1, 0.15) is 17.3 Å². The smallest absolute Gasteiger partial charge is 0.304 e. The van der Waals surface area contributed by atoms with E-state index in [9.17, 15) is 14.0 Å². The average Bonchev–Trinajstić information content (AvgIpc) is 2.26. The first-order valence-corrected chi connectivity index (χ1v) is 5.07. The van der Waals surface area contributed by atoms with E-state index in [2.05, 4.69) is 4.74 Å². The van der Waals surface area contributed by atoms with Gasteiger partial charge < -0.3 is 9.47 Å². The van der Waals surface area contributed by atoms with Crippen LogP contribution in [-0.4, -0.2) is 24.4 Å². The molecule has 0 radical (unpaired) electrons. The summed E-state index contributed by atoms with van der Waals surface area (Å²) in [6.45, 7) is 1.12. The van der Waals surface area contributed by atoms with Crippen LogP contribution in [-0.2, 0) is 9.53 Å². The molecule has 1 unspecified atom stereocenters. The highest BCUT2D eigenvalue weighted by Gasteiger charge is 2.21. The molecule has 0 saturated carbocycles. The molecule has 4 nitrogen and oxygen atoms in total. The monoisotopic (exact) mass is 260 g/mol. The molecule has 0 saturated heterocycles. The molecule has 0 aliphatic carbocycles. The number of carbonyl (C=O) groups is 2. The van der Waals surface area contributed by atoms with E-state index in [1.54, 1.807) is 0 Å². The van der Waals surface area contributed by atoms with Gasteiger partial charge >= 0.3 is 5.97 Å². The van der Waals surface area contributed by atoms with Crippen LogP contribution in [0.4, 0.5) is 4.39 Å². The van der Waals surface area contributed by atoms with Crippen LogP contribution < -0.4 is 4.74 Å². The van der Waals surface area contributed by atoms with Crippen LogP contribution in [0.2, 0.25) is 0 Å². The molecule has 0 fully saturated rings. The Balaban J connectivity index is 2.95. The Kier molecular flexibility index (Phi) is 4.45. The number of ether oxygens (including phenoxy) is 2. The third-order valence-electron chi connectivity index (χ3n) is 1.87. The van der Waals surface area contributed by atoms with Crippen molar-refractivity contribution in [3.8, 4) is 5.75 Å². The molecule has 0 amide bonds. The third kappa shape index (κ3) is 3.71. The number of benzene rings is 1. The van der Waals surface area contributed by atoms with Crippen LogP contribution >= 0.6 is 11.6 Å². The molecule has 1 rings (SSSR count). The van der Waals surface area contributed by atoms with Crippen molar-refractivity contribution in [2.75, 3.05) is 7.11 Å². The van der Waals surface area contributed by atoms with E-state index in [0.717, 1.165) is 19.1 Å². The fraction of sp³-hybridized carbons (Fsp3) is 0.273. The second-order valence-electron chi connectivity index (χ2n) is 3.17. The second-order valence-corrected chi connectivity index (χ2v) is 3.57. The normalized spacial score (nSPS) is 11.8. The third-order valence-corrected chi connectivity index (χ3v) is 2.15. The van der Waals surface area contributed by atoms with E-state index < -0.39 is 23.1 Å². The summed E-state index contributed by atoms with van der Waals surface area (Å²) >= 11 is 5.55. The number of alkyl halides is 1. The molecule has 0 N–H and O–H groups in total. The lowest BCUT2D eigenvalue weighted by molar-refractivity contribution is -0.141. The topological polar surface area (TPSA) is 52.6 Å². The van der Waals surface area contributed by atoms with Crippen LogP contribution in [0.3, 0.4) is 0 Å². The van der Waals surface area contributed by atoms with Gasteiger partial charge in [0, 0.05) is 18.6 Å². The Labute approximate surface area is 102 Å². The van der Waals surface area contributed by atoms with Gasteiger partial charge in [-0.1, -0.05) is 11.6 Å². The summed E-state index contributed by atoms with van der Waals surface area (Å²) in [6, 6.07) is 3.42. The summed E-state index contributed by atoms with van der Waals surface area (Å²) in [5, 5.41) is 0. The quantitative estimate of drug-likeness (QED) is 0.473. The maximum Gasteiger partial charge on any atom is 0.304 e. The molecule has 0 spiro atoms. The first-order chi connectivity index (χ1) is 7.93. The highest BCUT2D eigenvalue weighted by Crippen LogP contribution is 2.19. The average molecular weight is 261 g/mol. The van der Waals surface area contributed by atoms with Gasteiger partial charge in [0.1, 0.15) is 11.6 Å². The number of hydrogen-bond donors (Lipinski definition) is 0. The molecular formula is C11H10ClFO4. The lowest BCUT2D eigenvalue weighted by atomic mass is 10.1. The number of Topliss-reactive ketones (excluding diaryl/α,β-unsaturated/α-hetero) is 1. The minimum absolute atomic E-state index is 0.0249. The zero-order valence-electron chi connectivity index (χ0n) is 9.20. The van der Waals surface area contributed by atoms with Gasteiger partial charge in [0.2, 0.25) is 11.3 Å². The van der Waals surface area contributed by atoms with Crippen molar-refractivity contribution in [3.05, 3.63) is 29.6 Å². The number of methoxy groups -OCH3 is 1. The van der Waals surface area contributed by atoms with Gasteiger partial charge in [-0.3, -0.25) is 9.59 Å². The van der Waals surface area contributed by atoms with Gasteiger partial charge in [0.25, 0.3) is 0 Å². The molecule has 0 heterocycles. The maximum absolute atomic E-state index is 13.1. The van der Waals surface area contributed by atoms with Crippen molar-refractivity contribution < 1.29 is 23.5 Å². The largest absolute Gasteiger partial charge is 0.497 e. The minimum atomic E-state index is -1.47. The van der Waals surface area contributed by atoms with E-state index in [1.807, 2.05) is 0 Å². The Morgan fingerprint density at radius 1 is 1.35 bits per heavy atom. The van der Waals surface area contributed by atoms with Crippen molar-refractivity contribution in [2.24, 2.45) is 0 Å². The molecular weight excluding hydrogens is 251 g/mol.